The van der Waals surface area contributed by atoms with Crippen molar-refractivity contribution in [1.29, 1.82) is 0 Å². The Kier molecular flexibility index (Phi) is 5.18. The summed E-state index contributed by atoms with van der Waals surface area (Å²) in [6.07, 6.45) is 0. The van der Waals surface area contributed by atoms with Crippen molar-refractivity contribution in [3.8, 4) is 0 Å². The fraction of sp³-hybridized carbons (Fsp3) is 0.231. The molecule has 0 aliphatic carbocycles. The van der Waals surface area contributed by atoms with Crippen LogP contribution in [0, 0.1) is 0 Å². The molecule has 0 saturated carbocycles. The van der Waals surface area contributed by atoms with Crippen LogP contribution in [0.2, 0.25) is 0 Å². The lowest BCUT2D eigenvalue weighted by molar-refractivity contribution is 0.180. The molecule has 1 aromatic heterocycles. The van der Waals surface area contributed by atoms with Crippen molar-refractivity contribution in [3.05, 3.63) is 56.7 Å². The minimum absolute atomic E-state index is 0.175. The molecule has 2 aromatic rings. The second-order valence-electron chi connectivity index (χ2n) is 3.81. The van der Waals surface area contributed by atoms with E-state index in [1.807, 2.05) is 30.3 Å². The van der Waals surface area contributed by atoms with Gasteiger partial charge in [-0.3, -0.25) is 4.79 Å². The van der Waals surface area contributed by atoms with Crippen LogP contribution in [0.25, 0.3) is 0 Å². The third kappa shape index (κ3) is 3.92. The summed E-state index contributed by atoms with van der Waals surface area (Å²) >= 11 is 4.84. The molecule has 0 amide bonds. The lowest BCUT2D eigenvalue weighted by Gasteiger charge is -2.06. The molecule has 2 rings (SSSR count). The van der Waals surface area contributed by atoms with E-state index in [9.17, 15) is 4.79 Å². The van der Waals surface area contributed by atoms with Crippen LogP contribution >= 0.6 is 27.7 Å². The normalized spacial score (nSPS) is 10.6. The lowest BCUT2D eigenvalue weighted by atomic mass is 10.4. The van der Waals surface area contributed by atoms with Gasteiger partial charge in [-0.05, 0) is 28.1 Å². The van der Waals surface area contributed by atoms with Crippen LogP contribution in [0.15, 0.2) is 44.5 Å². The molecule has 0 fully saturated rings. The Morgan fingerprint density at radius 3 is 2.79 bits per heavy atom. The Labute approximate surface area is 123 Å². The van der Waals surface area contributed by atoms with Crippen LogP contribution in [0.1, 0.15) is 11.5 Å². The van der Waals surface area contributed by atoms with Crippen LogP contribution in [0.4, 0.5) is 0 Å². The Morgan fingerprint density at radius 2 is 2.11 bits per heavy atom. The molecule has 0 aliphatic heterocycles. The monoisotopic (exact) mass is 340 g/mol. The highest BCUT2D eigenvalue weighted by atomic mass is 79.9. The van der Waals surface area contributed by atoms with Gasteiger partial charge in [0.2, 0.25) is 0 Å². The molecule has 0 unspecified atom stereocenters. The molecule has 19 heavy (non-hydrogen) atoms. The predicted octanol–water partition coefficient (Wildman–Crippen LogP) is 2.97. The number of ether oxygens (including phenoxy) is 1. The first-order valence-electron chi connectivity index (χ1n) is 5.65. The Hall–Kier alpha value is -1.11. The second kappa shape index (κ2) is 6.88. The van der Waals surface area contributed by atoms with E-state index < -0.39 is 0 Å². The minimum Gasteiger partial charge on any atom is -0.378 e. The number of nitrogens with zero attached hydrogens (tertiary/aromatic N) is 1. The van der Waals surface area contributed by atoms with Gasteiger partial charge in [0.25, 0.3) is 5.56 Å². The van der Waals surface area contributed by atoms with E-state index in [4.69, 9.17) is 4.74 Å². The SMILES string of the molecule is COCc1nc(CSc2ccccc2)[nH]c(=O)c1Br. The molecule has 0 aliphatic rings. The zero-order chi connectivity index (χ0) is 13.7. The summed E-state index contributed by atoms with van der Waals surface area (Å²) in [4.78, 5) is 20.0. The van der Waals surface area contributed by atoms with Gasteiger partial charge in [-0.15, -0.1) is 11.8 Å². The zero-order valence-corrected chi connectivity index (χ0v) is 12.8. The van der Waals surface area contributed by atoms with Crippen molar-refractivity contribution < 1.29 is 4.74 Å². The molecule has 100 valence electrons. The van der Waals surface area contributed by atoms with Crippen LogP contribution < -0.4 is 5.56 Å². The fourth-order valence-electron chi connectivity index (χ4n) is 1.53. The van der Waals surface area contributed by atoms with Gasteiger partial charge in [-0.25, -0.2) is 4.98 Å². The van der Waals surface area contributed by atoms with Gasteiger partial charge >= 0.3 is 0 Å². The third-order valence-corrected chi connectivity index (χ3v) is 4.22. The molecule has 1 N–H and O–H groups in total. The topological polar surface area (TPSA) is 55.0 Å². The Morgan fingerprint density at radius 1 is 1.37 bits per heavy atom. The first kappa shape index (κ1) is 14.3. The van der Waals surface area contributed by atoms with E-state index >= 15 is 0 Å². The van der Waals surface area contributed by atoms with Crippen molar-refractivity contribution in [1.82, 2.24) is 9.97 Å². The van der Waals surface area contributed by atoms with E-state index in [1.54, 1.807) is 18.9 Å². The molecule has 0 atom stereocenters. The summed E-state index contributed by atoms with van der Waals surface area (Å²) in [6.45, 7) is 0.313. The van der Waals surface area contributed by atoms with E-state index in [0.717, 1.165) is 4.90 Å². The van der Waals surface area contributed by atoms with Crippen molar-refractivity contribution >= 4 is 27.7 Å². The molecular weight excluding hydrogens is 328 g/mol. The number of nitrogens with one attached hydrogen (secondary N) is 1. The molecule has 0 spiro atoms. The number of aromatic nitrogens is 2. The summed E-state index contributed by atoms with van der Waals surface area (Å²) in [6, 6.07) is 9.99. The van der Waals surface area contributed by atoms with E-state index in [0.29, 0.717) is 28.4 Å². The number of rotatable bonds is 5. The number of hydrogen-bond acceptors (Lipinski definition) is 4. The highest BCUT2D eigenvalue weighted by Crippen LogP contribution is 2.21. The minimum atomic E-state index is -0.175. The summed E-state index contributed by atoms with van der Waals surface area (Å²) in [7, 11) is 1.58. The number of thioether (sulfide) groups is 1. The van der Waals surface area contributed by atoms with Crippen molar-refractivity contribution in [2.75, 3.05) is 7.11 Å². The fourth-order valence-corrected chi connectivity index (χ4v) is 2.62. The van der Waals surface area contributed by atoms with Gasteiger partial charge in [0, 0.05) is 12.0 Å². The van der Waals surface area contributed by atoms with Crippen LogP contribution in [0.5, 0.6) is 0 Å². The zero-order valence-electron chi connectivity index (χ0n) is 10.4. The molecule has 6 heteroatoms. The number of methoxy groups -OCH3 is 1. The lowest BCUT2D eigenvalue weighted by Crippen LogP contribution is -2.15. The maximum Gasteiger partial charge on any atom is 0.265 e. The molecule has 0 radical (unpaired) electrons. The molecular formula is C13H13BrN2O2S. The number of aromatic amines is 1. The maximum absolute atomic E-state index is 11.7. The van der Waals surface area contributed by atoms with E-state index in [-0.39, 0.29) is 5.56 Å². The molecule has 0 saturated heterocycles. The average Bonchev–Trinajstić information content (AvgIpc) is 2.43. The van der Waals surface area contributed by atoms with Gasteiger partial charge in [-0.2, -0.15) is 0 Å². The van der Waals surface area contributed by atoms with Crippen LogP contribution in [-0.2, 0) is 17.1 Å². The van der Waals surface area contributed by atoms with Crippen molar-refractivity contribution in [2.45, 2.75) is 17.3 Å². The van der Waals surface area contributed by atoms with Gasteiger partial charge in [-0.1, -0.05) is 18.2 Å². The van der Waals surface area contributed by atoms with Gasteiger partial charge in [0.1, 0.15) is 10.3 Å². The first-order valence-corrected chi connectivity index (χ1v) is 7.43. The third-order valence-electron chi connectivity index (χ3n) is 2.38. The maximum atomic E-state index is 11.7. The number of halogens is 1. The molecule has 1 aromatic carbocycles. The van der Waals surface area contributed by atoms with Crippen LogP contribution in [-0.4, -0.2) is 17.1 Å². The molecule has 1 heterocycles. The number of benzene rings is 1. The van der Waals surface area contributed by atoms with Crippen molar-refractivity contribution in [3.63, 3.8) is 0 Å². The highest BCUT2D eigenvalue weighted by molar-refractivity contribution is 9.10. The van der Waals surface area contributed by atoms with Gasteiger partial charge in [0.05, 0.1) is 18.1 Å². The average molecular weight is 341 g/mol. The van der Waals surface area contributed by atoms with Gasteiger partial charge in [0.15, 0.2) is 0 Å². The summed E-state index contributed by atoms with van der Waals surface area (Å²) in [5.74, 6) is 1.26. The highest BCUT2D eigenvalue weighted by Gasteiger charge is 2.09. The largest absolute Gasteiger partial charge is 0.378 e. The van der Waals surface area contributed by atoms with Gasteiger partial charge < -0.3 is 9.72 Å². The molecule has 4 nitrogen and oxygen atoms in total. The smallest absolute Gasteiger partial charge is 0.265 e. The number of hydrogen-bond donors (Lipinski definition) is 1. The summed E-state index contributed by atoms with van der Waals surface area (Å²) in [5, 5.41) is 0. The second-order valence-corrected chi connectivity index (χ2v) is 5.65. The quantitative estimate of drug-likeness (QED) is 0.850. The summed E-state index contributed by atoms with van der Waals surface area (Å²) < 4.78 is 5.46. The standard InChI is InChI=1S/C13H13BrN2O2S/c1-18-7-10-12(14)13(17)16-11(15-10)8-19-9-5-3-2-4-6-9/h2-6H,7-8H2,1H3,(H,15,16,17). The Balaban J connectivity index is 2.14. The number of H-pyrrole nitrogens is 1. The van der Waals surface area contributed by atoms with Crippen LogP contribution in [0.3, 0.4) is 0 Å². The van der Waals surface area contributed by atoms with Crippen molar-refractivity contribution in [2.24, 2.45) is 0 Å². The molecule has 0 bridgehead atoms. The predicted molar refractivity (Wildman–Crippen MR) is 79.3 cm³/mol. The summed E-state index contributed by atoms with van der Waals surface area (Å²) in [5.41, 5.74) is 0.445. The van der Waals surface area contributed by atoms with E-state index in [1.165, 1.54) is 0 Å². The first-order chi connectivity index (χ1) is 9.20. The van der Waals surface area contributed by atoms with E-state index in [2.05, 4.69) is 25.9 Å². The Bertz CT molecular complexity index is 601.